The number of hydrogen-bond acceptors (Lipinski definition) is 3. The highest BCUT2D eigenvalue weighted by Crippen LogP contribution is 2.26. The van der Waals surface area contributed by atoms with Gasteiger partial charge in [0.05, 0.1) is 19.3 Å². The highest BCUT2D eigenvalue weighted by Gasteiger charge is 2.28. The van der Waals surface area contributed by atoms with E-state index in [0.29, 0.717) is 18.8 Å². The van der Waals surface area contributed by atoms with Crippen molar-refractivity contribution < 1.29 is 9.47 Å². The van der Waals surface area contributed by atoms with Crippen LogP contribution in [0.4, 0.5) is 0 Å². The number of ether oxygens (including phenoxy) is 2. The number of rotatable bonds is 7. The zero-order valence-electron chi connectivity index (χ0n) is 11.0. The van der Waals surface area contributed by atoms with Crippen molar-refractivity contribution in [3.05, 3.63) is 0 Å². The topological polar surface area (TPSA) is 30.5 Å². The summed E-state index contributed by atoms with van der Waals surface area (Å²) in [5.74, 6) is 0.798. The SMILES string of the molecule is CCCNC1CCC(C)CC1OCCOC. The molecule has 1 fully saturated rings. The molecule has 0 saturated heterocycles. The molecule has 1 aliphatic carbocycles. The van der Waals surface area contributed by atoms with Gasteiger partial charge in [-0.15, -0.1) is 0 Å². The Morgan fingerprint density at radius 3 is 2.75 bits per heavy atom. The Morgan fingerprint density at radius 1 is 1.25 bits per heavy atom. The molecule has 0 aromatic heterocycles. The van der Waals surface area contributed by atoms with Crippen molar-refractivity contribution in [2.75, 3.05) is 26.9 Å². The molecule has 0 amide bonds. The van der Waals surface area contributed by atoms with E-state index in [1.807, 2.05) is 0 Å². The van der Waals surface area contributed by atoms with Crippen molar-refractivity contribution in [2.24, 2.45) is 5.92 Å². The monoisotopic (exact) mass is 229 g/mol. The summed E-state index contributed by atoms with van der Waals surface area (Å²) >= 11 is 0. The van der Waals surface area contributed by atoms with Crippen molar-refractivity contribution in [1.29, 1.82) is 0 Å². The lowest BCUT2D eigenvalue weighted by atomic mass is 9.85. The first-order valence-electron chi connectivity index (χ1n) is 6.61. The van der Waals surface area contributed by atoms with Crippen LogP contribution in [0.3, 0.4) is 0 Å². The molecule has 3 unspecified atom stereocenters. The second kappa shape index (κ2) is 8.04. The van der Waals surface area contributed by atoms with Gasteiger partial charge >= 0.3 is 0 Å². The van der Waals surface area contributed by atoms with Gasteiger partial charge in [0.2, 0.25) is 0 Å². The molecular formula is C13H27NO2. The summed E-state index contributed by atoms with van der Waals surface area (Å²) in [6.45, 7) is 7.05. The van der Waals surface area contributed by atoms with Gasteiger partial charge in [0, 0.05) is 13.2 Å². The quantitative estimate of drug-likeness (QED) is 0.679. The van der Waals surface area contributed by atoms with Crippen molar-refractivity contribution in [1.82, 2.24) is 5.32 Å². The molecule has 0 radical (unpaired) electrons. The first-order valence-corrected chi connectivity index (χ1v) is 6.61. The average Bonchev–Trinajstić information content (AvgIpc) is 2.28. The smallest absolute Gasteiger partial charge is 0.0731 e. The van der Waals surface area contributed by atoms with E-state index < -0.39 is 0 Å². The van der Waals surface area contributed by atoms with Gasteiger partial charge in [0.15, 0.2) is 0 Å². The molecule has 16 heavy (non-hydrogen) atoms. The largest absolute Gasteiger partial charge is 0.382 e. The third kappa shape index (κ3) is 4.81. The van der Waals surface area contributed by atoms with Crippen LogP contribution in [0.1, 0.15) is 39.5 Å². The van der Waals surface area contributed by atoms with Crippen LogP contribution in [0.2, 0.25) is 0 Å². The summed E-state index contributed by atoms with van der Waals surface area (Å²) in [6.07, 6.45) is 5.33. The molecule has 1 saturated carbocycles. The van der Waals surface area contributed by atoms with Gasteiger partial charge in [-0.1, -0.05) is 13.8 Å². The van der Waals surface area contributed by atoms with Gasteiger partial charge in [-0.25, -0.2) is 0 Å². The van der Waals surface area contributed by atoms with Gasteiger partial charge in [-0.2, -0.15) is 0 Å². The Morgan fingerprint density at radius 2 is 2.06 bits per heavy atom. The normalized spacial score (nSPS) is 30.6. The van der Waals surface area contributed by atoms with Gasteiger partial charge in [0.25, 0.3) is 0 Å². The molecule has 1 N–H and O–H groups in total. The number of nitrogens with one attached hydrogen (secondary N) is 1. The Balaban J connectivity index is 2.32. The second-order valence-electron chi connectivity index (χ2n) is 4.88. The van der Waals surface area contributed by atoms with Crippen molar-refractivity contribution in [3.8, 4) is 0 Å². The van der Waals surface area contributed by atoms with E-state index in [4.69, 9.17) is 9.47 Å². The standard InChI is InChI=1S/C13H27NO2/c1-4-7-14-12-6-5-11(2)10-13(12)16-9-8-15-3/h11-14H,4-10H2,1-3H3. The molecule has 96 valence electrons. The molecule has 0 bridgehead atoms. The molecule has 0 aliphatic heterocycles. The van der Waals surface area contributed by atoms with E-state index in [2.05, 4.69) is 19.2 Å². The van der Waals surface area contributed by atoms with Crippen LogP contribution in [-0.2, 0) is 9.47 Å². The average molecular weight is 229 g/mol. The molecule has 3 heteroatoms. The lowest BCUT2D eigenvalue weighted by Gasteiger charge is -2.35. The summed E-state index contributed by atoms with van der Waals surface area (Å²) in [6, 6.07) is 0.549. The van der Waals surface area contributed by atoms with E-state index in [-0.39, 0.29) is 0 Å². The highest BCUT2D eigenvalue weighted by atomic mass is 16.5. The fourth-order valence-electron chi connectivity index (χ4n) is 2.36. The van der Waals surface area contributed by atoms with Crippen LogP contribution in [0, 0.1) is 5.92 Å². The Kier molecular flexibility index (Phi) is 7.01. The minimum Gasteiger partial charge on any atom is -0.382 e. The predicted molar refractivity (Wildman–Crippen MR) is 66.7 cm³/mol. The molecule has 3 nitrogen and oxygen atoms in total. The zero-order valence-corrected chi connectivity index (χ0v) is 11.0. The third-order valence-electron chi connectivity index (χ3n) is 3.33. The number of methoxy groups -OCH3 is 1. The third-order valence-corrected chi connectivity index (χ3v) is 3.33. The Bertz CT molecular complexity index is 173. The molecule has 1 rings (SSSR count). The first-order chi connectivity index (χ1) is 7.77. The predicted octanol–water partition coefficient (Wildman–Crippen LogP) is 2.21. The van der Waals surface area contributed by atoms with Crippen LogP contribution in [0.25, 0.3) is 0 Å². The molecule has 1 aliphatic rings. The molecular weight excluding hydrogens is 202 g/mol. The van der Waals surface area contributed by atoms with Gasteiger partial charge in [0.1, 0.15) is 0 Å². The maximum absolute atomic E-state index is 5.92. The second-order valence-corrected chi connectivity index (χ2v) is 4.88. The lowest BCUT2D eigenvalue weighted by Crippen LogP contribution is -2.45. The van der Waals surface area contributed by atoms with Crippen LogP contribution < -0.4 is 5.32 Å². The van der Waals surface area contributed by atoms with E-state index in [1.165, 1.54) is 25.7 Å². The maximum Gasteiger partial charge on any atom is 0.0731 e. The van der Waals surface area contributed by atoms with Crippen molar-refractivity contribution in [2.45, 2.75) is 51.7 Å². The first kappa shape index (κ1) is 13.9. The minimum atomic E-state index is 0.380. The fourth-order valence-corrected chi connectivity index (χ4v) is 2.36. The summed E-state index contributed by atoms with van der Waals surface area (Å²) < 4.78 is 10.9. The van der Waals surface area contributed by atoms with Gasteiger partial charge in [-0.05, 0) is 38.1 Å². The fraction of sp³-hybridized carbons (Fsp3) is 1.00. The zero-order chi connectivity index (χ0) is 11.8. The highest BCUT2D eigenvalue weighted by molar-refractivity contribution is 4.84. The van der Waals surface area contributed by atoms with Crippen molar-refractivity contribution >= 4 is 0 Å². The van der Waals surface area contributed by atoms with E-state index >= 15 is 0 Å². The summed E-state index contributed by atoms with van der Waals surface area (Å²) in [7, 11) is 1.72. The lowest BCUT2D eigenvalue weighted by molar-refractivity contribution is -0.0275. The summed E-state index contributed by atoms with van der Waals surface area (Å²) in [4.78, 5) is 0. The van der Waals surface area contributed by atoms with E-state index in [1.54, 1.807) is 7.11 Å². The summed E-state index contributed by atoms with van der Waals surface area (Å²) in [5.41, 5.74) is 0. The van der Waals surface area contributed by atoms with Gasteiger partial charge in [-0.3, -0.25) is 0 Å². The molecule has 0 aromatic carbocycles. The molecule has 0 aromatic rings. The van der Waals surface area contributed by atoms with Crippen LogP contribution in [-0.4, -0.2) is 39.0 Å². The number of hydrogen-bond donors (Lipinski definition) is 1. The maximum atomic E-state index is 5.92. The minimum absolute atomic E-state index is 0.380. The van der Waals surface area contributed by atoms with E-state index in [9.17, 15) is 0 Å². The van der Waals surface area contributed by atoms with Crippen LogP contribution in [0.15, 0.2) is 0 Å². The Hall–Kier alpha value is -0.120. The van der Waals surface area contributed by atoms with Crippen LogP contribution in [0.5, 0.6) is 0 Å². The Labute approximate surface area is 99.9 Å². The molecule has 0 spiro atoms. The van der Waals surface area contributed by atoms with Gasteiger partial charge < -0.3 is 14.8 Å². The van der Waals surface area contributed by atoms with E-state index in [0.717, 1.165) is 19.1 Å². The summed E-state index contributed by atoms with van der Waals surface area (Å²) in [5, 5.41) is 3.60. The molecule has 0 heterocycles. The van der Waals surface area contributed by atoms with Crippen molar-refractivity contribution in [3.63, 3.8) is 0 Å². The molecule has 3 atom stereocenters. The van der Waals surface area contributed by atoms with Crippen LogP contribution >= 0.6 is 0 Å².